The van der Waals surface area contributed by atoms with E-state index in [1.54, 1.807) is 6.20 Å². The van der Waals surface area contributed by atoms with Gasteiger partial charge in [0.2, 0.25) is 0 Å². The summed E-state index contributed by atoms with van der Waals surface area (Å²) in [6.45, 7) is 3.10. The van der Waals surface area contributed by atoms with E-state index in [1.807, 2.05) is 12.1 Å². The Morgan fingerprint density at radius 2 is 2.50 bits per heavy atom. The Labute approximate surface area is 94.8 Å². The van der Waals surface area contributed by atoms with Crippen molar-refractivity contribution in [3.63, 3.8) is 0 Å². The molecule has 88 valence electrons. The number of nitrogen functional groups attached to an aromatic ring is 1. The summed E-state index contributed by atoms with van der Waals surface area (Å²) in [7, 11) is 0. The summed E-state index contributed by atoms with van der Waals surface area (Å²) in [5, 5.41) is 9.04. The van der Waals surface area contributed by atoms with Gasteiger partial charge in [-0.05, 0) is 6.07 Å². The van der Waals surface area contributed by atoms with Gasteiger partial charge in [-0.15, -0.1) is 0 Å². The lowest BCUT2D eigenvalue weighted by Crippen LogP contribution is -2.43. The number of pyridine rings is 1. The van der Waals surface area contributed by atoms with Crippen LogP contribution >= 0.6 is 0 Å². The molecular weight excluding hydrogens is 206 g/mol. The quantitative estimate of drug-likeness (QED) is 0.746. The molecular formula is C11H17N3O2. The topological polar surface area (TPSA) is 71.6 Å². The highest BCUT2D eigenvalue weighted by atomic mass is 16.5. The second-order valence-electron chi connectivity index (χ2n) is 3.96. The van der Waals surface area contributed by atoms with Crippen molar-refractivity contribution in [2.24, 2.45) is 0 Å². The van der Waals surface area contributed by atoms with Crippen molar-refractivity contribution in [3.8, 4) is 0 Å². The first-order chi connectivity index (χ1) is 7.79. The monoisotopic (exact) mass is 223 g/mol. The number of aliphatic hydroxyl groups is 1. The Kier molecular flexibility index (Phi) is 3.71. The Bertz CT molecular complexity index is 346. The van der Waals surface area contributed by atoms with Crippen LogP contribution in [0.1, 0.15) is 5.56 Å². The molecule has 1 aromatic rings. The number of ether oxygens (including phenoxy) is 1. The van der Waals surface area contributed by atoms with Crippen molar-refractivity contribution in [2.45, 2.75) is 12.6 Å². The van der Waals surface area contributed by atoms with Gasteiger partial charge >= 0.3 is 0 Å². The molecule has 1 fully saturated rings. The largest absolute Gasteiger partial charge is 0.394 e. The smallest absolute Gasteiger partial charge is 0.127 e. The van der Waals surface area contributed by atoms with Crippen molar-refractivity contribution in [2.75, 3.05) is 32.0 Å². The van der Waals surface area contributed by atoms with Crippen LogP contribution in [0.4, 0.5) is 5.82 Å². The third-order valence-corrected chi connectivity index (χ3v) is 2.75. The minimum Gasteiger partial charge on any atom is -0.394 e. The molecule has 0 spiro atoms. The molecule has 5 nitrogen and oxygen atoms in total. The SMILES string of the molecule is Nc1ncccc1CN1CCOC(CO)C1. The molecule has 0 saturated carbocycles. The van der Waals surface area contributed by atoms with E-state index >= 15 is 0 Å². The van der Waals surface area contributed by atoms with Crippen molar-refractivity contribution < 1.29 is 9.84 Å². The summed E-state index contributed by atoms with van der Waals surface area (Å²) in [5.74, 6) is 0.578. The molecule has 0 bridgehead atoms. The molecule has 1 unspecified atom stereocenters. The summed E-state index contributed by atoms with van der Waals surface area (Å²) in [5.41, 5.74) is 6.82. The molecule has 0 aliphatic carbocycles. The van der Waals surface area contributed by atoms with Crippen LogP contribution in [-0.2, 0) is 11.3 Å². The fourth-order valence-corrected chi connectivity index (χ4v) is 1.86. The highest BCUT2D eigenvalue weighted by molar-refractivity contribution is 5.38. The van der Waals surface area contributed by atoms with Crippen LogP contribution < -0.4 is 5.73 Å². The van der Waals surface area contributed by atoms with Crippen LogP contribution in [0.2, 0.25) is 0 Å². The highest BCUT2D eigenvalue weighted by Crippen LogP contribution is 2.13. The fourth-order valence-electron chi connectivity index (χ4n) is 1.86. The van der Waals surface area contributed by atoms with E-state index in [1.165, 1.54) is 0 Å². The standard InChI is InChI=1S/C11H17N3O2/c12-11-9(2-1-3-13-11)6-14-4-5-16-10(7-14)8-15/h1-3,10,15H,4-8H2,(H2,12,13). The first kappa shape index (κ1) is 11.3. The van der Waals surface area contributed by atoms with Crippen molar-refractivity contribution in [1.82, 2.24) is 9.88 Å². The zero-order valence-electron chi connectivity index (χ0n) is 9.17. The van der Waals surface area contributed by atoms with E-state index < -0.39 is 0 Å². The molecule has 2 heterocycles. The zero-order chi connectivity index (χ0) is 11.4. The Hall–Kier alpha value is -1.17. The van der Waals surface area contributed by atoms with Gasteiger partial charge in [0, 0.05) is 31.4 Å². The van der Waals surface area contributed by atoms with Crippen LogP contribution in [0, 0.1) is 0 Å². The van der Waals surface area contributed by atoms with Gasteiger partial charge in [0.25, 0.3) is 0 Å². The maximum absolute atomic E-state index is 9.04. The summed E-state index contributed by atoms with van der Waals surface area (Å²) in [4.78, 5) is 6.27. The number of morpholine rings is 1. The fraction of sp³-hybridized carbons (Fsp3) is 0.545. The van der Waals surface area contributed by atoms with Crippen LogP contribution in [0.25, 0.3) is 0 Å². The molecule has 2 rings (SSSR count). The lowest BCUT2D eigenvalue weighted by molar-refractivity contribution is -0.0550. The van der Waals surface area contributed by atoms with E-state index in [0.29, 0.717) is 12.4 Å². The first-order valence-corrected chi connectivity index (χ1v) is 5.44. The molecule has 1 saturated heterocycles. The summed E-state index contributed by atoms with van der Waals surface area (Å²) >= 11 is 0. The van der Waals surface area contributed by atoms with Crippen molar-refractivity contribution in [3.05, 3.63) is 23.9 Å². The highest BCUT2D eigenvalue weighted by Gasteiger charge is 2.20. The van der Waals surface area contributed by atoms with Crippen LogP contribution in [0.5, 0.6) is 0 Å². The number of hydrogen-bond donors (Lipinski definition) is 2. The molecule has 1 atom stereocenters. The average Bonchev–Trinajstić information content (AvgIpc) is 2.32. The van der Waals surface area contributed by atoms with Gasteiger partial charge < -0.3 is 15.6 Å². The Morgan fingerprint density at radius 1 is 1.62 bits per heavy atom. The van der Waals surface area contributed by atoms with Crippen molar-refractivity contribution in [1.29, 1.82) is 0 Å². The van der Waals surface area contributed by atoms with Crippen LogP contribution in [-0.4, -0.2) is 47.4 Å². The molecule has 3 N–H and O–H groups in total. The van der Waals surface area contributed by atoms with Gasteiger partial charge in [0.05, 0.1) is 19.3 Å². The number of aromatic nitrogens is 1. The number of rotatable bonds is 3. The third-order valence-electron chi connectivity index (χ3n) is 2.75. The molecule has 5 heteroatoms. The van der Waals surface area contributed by atoms with Crippen LogP contribution in [0.3, 0.4) is 0 Å². The molecule has 0 radical (unpaired) electrons. The van der Waals surface area contributed by atoms with E-state index in [9.17, 15) is 0 Å². The predicted molar refractivity (Wildman–Crippen MR) is 60.8 cm³/mol. The molecule has 1 aliphatic heterocycles. The minimum atomic E-state index is -0.0772. The van der Waals surface area contributed by atoms with E-state index in [4.69, 9.17) is 15.6 Å². The van der Waals surface area contributed by atoms with Gasteiger partial charge in [-0.25, -0.2) is 4.98 Å². The average molecular weight is 223 g/mol. The Balaban J connectivity index is 1.97. The van der Waals surface area contributed by atoms with Crippen LogP contribution in [0.15, 0.2) is 18.3 Å². The second kappa shape index (κ2) is 5.25. The summed E-state index contributed by atoms with van der Waals surface area (Å²) < 4.78 is 5.39. The zero-order valence-corrected chi connectivity index (χ0v) is 9.17. The number of aliphatic hydroxyl groups excluding tert-OH is 1. The molecule has 1 aromatic heterocycles. The molecule has 0 aromatic carbocycles. The third kappa shape index (κ3) is 2.69. The van der Waals surface area contributed by atoms with Gasteiger partial charge in [-0.2, -0.15) is 0 Å². The normalized spacial score (nSPS) is 22.2. The van der Waals surface area contributed by atoms with Gasteiger partial charge in [-0.1, -0.05) is 6.07 Å². The molecule has 1 aliphatic rings. The number of anilines is 1. The maximum atomic E-state index is 9.04. The van der Waals surface area contributed by atoms with Crippen molar-refractivity contribution >= 4 is 5.82 Å². The lowest BCUT2D eigenvalue weighted by atomic mass is 10.2. The number of hydrogen-bond acceptors (Lipinski definition) is 5. The van der Waals surface area contributed by atoms with Gasteiger partial charge in [0.1, 0.15) is 5.82 Å². The maximum Gasteiger partial charge on any atom is 0.127 e. The predicted octanol–water partition coefficient (Wildman–Crippen LogP) is -0.143. The van der Waals surface area contributed by atoms with E-state index in [0.717, 1.165) is 25.2 Å². The Morgan fingerprint density at radius 3 is 3.25 bits per heavy atom. The van der Waals surface area contributed by atoms with E-state index in [2.05, 4.69) is 9.88 Å². The number of nitrogens with two attached hydrogens (primary N) is 1. The summed E-state index contributed by atoms with van der Waals surface area (Å²) in [6, 6.07) is 3.86. The minimum absolute atomic E-state index is 0.0685. The first-order valence-electron chi connectivity index (χ1n) is 5.44. The molecule has 16 heavy (non-hydrogen) atoms. The summed E-state index contributed by atoms with van der Waals surface area (Å²) in [6.07, 6.45) is 1.61. The molecule has 0 amide bonds. The second-order valence-corrected chi connectivity index (χ2v) is 3.96. The number of nitrogens with zero attached hydrogens (tertiary/aromatic N) is 2. The van der Waals surface area contributed by atoms with Gasteiger partial charge in [0.15, 0.2) is 0 Å². The van der Waals surface area contributed by atoms with Gasteiger partial charge in [-0.3, -0.25) is 4.90 Å². The van der Waals surface area contributed by atoms with E-state index in [-0.39, 0.29) is 12.7 Å². The lowest BCUT2D eigenvalue weighted by Gasteiger charge is -2.32.